The highest BCUT2D eigenvalue weighted by atomic mass is 35.5. The number of benzene rings is 1. The Kier molecular flexibility index (Phi) is 3.83. The molecule has 1 aliphatic rings. The van der Waals surface area contributed by atoms with Gasteiger partial charge in [0.1, 0.15) is 0 Å². The van der Waals surface area contributed by atoms with Crippen LogP contribution in [0.4, 0.5) is 0 Å². The summed E-state index contributed by atoms with van der Waals surface area (Å²) < 4.78 is 5.62. The summed E-state index contributed by atoms with van der Waals surface area (Å²) >= 11 is 6.08. The first kappa shape index (κ1) is 14.9. The number of furan rings is 1. The molecule has 0 saturated heterocycles. The molecule has 0 aliphatic heterocycles. The lowest BCUT2D eigenvalue weighted by Gasteiger charge is -2.11. The van der Waals surface area contributed by atoms with Gasteiger partial charge in [-0.05, 0) is 32.3 Å². The smallest absolute Gasteiger partial charge is 0.306 e. The maximum absolute atomic E-state index is 12.4. The molecule has 0 bridgehead atoms. The number of carboxylic acid groups (broad SMARTS) is 1. The first-order valence-electron chi connectivity index (χ1n) is 7.18. The van der Waals surface area contributed by atoms with Gasteiger partial charge in [-0.15, -0.1) is 0 Å². The van der Waals surface area contributed by atoms with E-state index in [1.165, 1.54) is 0 Å². The average Bonchev–Trinajstić information content (AvgIpc) is 3.05. The van der Waals surface area contributed by atoms with Crippen molar-refractivity contribution in [3.63, 3.8) is 0 Å². The van der Waals surface area contributed by atoms with E-state index in [-0.39, 0.29) is 23.6 Å². The molecule has 0 spiro atoms. The molecular weight excluding hydrogens is 306 g/mol. The van der Waals surface area contributed by atoms with Crippen LogP contribution in [0.2, 0.25) is 5.02 Å². The zero-order chi connectivity index (χ0) is 15.9. The Morgan fingerprint density at radius 1 is 1.36 bits per heavy atom. The number of carbonyl (C=O) groups excluding carboxylic acids is 1. The van der Waals surface area contributed by atoms with Crippen molar-refractivity contribution in [3.05, 3.63) is 34.5 Å². The normalized spacial score (nSPS) is 21.2. The van der Waals surface area contributed by atoms with Gasteiger partial charge in [-0.2, -0.15) is 0 Å². The van der Waals surface area contributed by atoms with E-state index in [0.29, 0.717) is 29.9 Å². The van der Waals surface area contributed by atoms with Crippen LogP contribution in [0.25, 0.3) is 11.0 Å². The fraction of sp³-hybridized carbons (Fsp3) is 0.375. The molecule has 1 aromatic heterocycles. The third kappa shape index (κ3) is 2.57. The molecule has 1 aromatic carbocycles. The Balaban J connectivity index is 1.80. The Morgan fingerprint density at radius 3 is 2.77 bits per heavy atom. The number of amides is 1. The van der Waals surface area contributed by atoms with Crippen LogP contribution >= 0.6 is 11.6 Å². The van der Waals surface area contributed by atoms with E-state index < -0.39 is 5.97 Å². The number of hydrogen-bond acceptors (Lipinski definition) is 3. The van der Waals surface area contributed by atoms with Gasteiger partial charge in [0.05, 0.1) is 10.9 Å². The van der Waals surface area contributed by atoms with Gasteiger partial charge < -0.3 is 14.8 Å². The van der Waals surface area contributed by atoms with E-state index in [9.17, 15) is 9.59 Å². The lowest BCUT2D eigenvalue weighted by atomic mass is 10.1. The number of nitrogens with one attached hydrogen (secondary N) is 1. The van der Waals surface area contributed by atoms with Gasteiger partial charge in [0, 0.05) is 17.0 Å². The fourth-order valence-corrected chi connectivity index (χ4v) is 3.23. The molecule has 0 unspecified atom stereocenters. The van der Waals surface area contributed by atoms with Crippen molar-refractivity contribution in [1.82, 2.24) is 5.32 Å². The predicted octanol–water partition coefficient (Wildman–Crippen LogP) is 3.38. The number of fused-ring (bicyclic) bond motifs is 1. The lowest BCUT2D eigenvalue weighted by Crippen LogP contribution is -2.33. The fourth-order valence-electron chi connectivity index (χ4n) is 3.01. The van der Waals surface area contributed by atoms with E-state index in [1.807, 2.05) is 19.1 Å². The number of aliphatic carboxylic acids is 1. The summed E-state index contributed by atoms with van der Waals surface area (Å²) in [7, 11) is 0. The molecular formula is C16H16ClNO4. The monoisotopic (exact) mass is 321 g/mol. The topological polar surface area (TPSA) is 79.5 Å². The van der Waals surface area contributed by atoms with Crippen molar-refractivity contribution in [2.75, 3.05) is 0 Å². The molecule has 1 fully saturated rings. The molecule has 6 heteroatoms. The van der Waals surface area contributed by atoms with Crippen molar-refractivity contribution in [2.24, 2.45) is 5.92 Å². The summed E-state index contributed by atoms with van der Waals surface area (Å²) in [6, 6.07) is 5.25. The van der Waals surface area contributed by atoms with Gasteiger partial charge in [0.15, 0.2) is 11.3 Å². The van der Waals surface area contributed by atoms with E-state index in [4.69, 9.17) is 21.1 Å². The largest absolute Gasteiger partial charge is 0.481 e. The predicted molar refractivity (Wildman–Crippen MR) is 82.2 cm³/mol. The highest BCUT2D eigenvalue weighted by molar-refractivity contribution is 6.35. The van der Waals surface area contributed by atoms with Gasteiger partial charge >= 0.3 is 5.97 Å². The lowest BCUT2D eigenvalue weighted by molar-refractivity contribution is -0.141. The van der Waals surface area contributed by atoms with Crippen molar-refractivity contribution in [2.45, 2.75) is 32.2 Å². The van der Waals surface area contributed by atoms with E-state index >= 15 is 0 Å². The second kappa shape index (κ2) is 5.65. The zero-order valence-electron chi connectivity index (χ0n) is 12.1. The minimum Gasteiger partial charge on any atom is -0.481 e. The van der Waals surface area contributed by atoms with Gasteiger partial charge in [-0.25, -0.2) is 0 Å². The molecule has 1 saturated carbocycles. The highest BCUT2D eigenvalue weighted by Crippen LogP contribution is 2.31. The maximum atomic E-state index is 12.4. The Labute approximate surface area is 132 Å². The number of para-hydroxylation sites is 1. The Hall–Kier alpha value is -2.01. The SMILES string of the molecule is Cc1c(C(=O)N[C@@H]2CC[C@H](C(=O)O)C2)oc2c(Cl)cccc12. The molecule has 1 aliphatic carbocycles. The molecule has 1 amide bonds. The molecule has 0 radical (unpaired) electrons. The van der Waals surface area contributed by atoms with Crippen molar-refractivity contribution < 1.29 is 19.1 Å². The van der Waals surface area contributed by atoms with Crippen molar-refractivity contribution in [3.8, 4) is 0 Å². The average molecular weight is 322 g/mol. The van der Waals surface area contributed by atoms with Crippen molar-refractivity contribution >= 4 is 34.4 Å². The summed E-state index contributed by atoms with van der Waals surface area (Å²) in [5.41, 5.74) is 1.24. The van der Waals surface area contributed by atoms with E-state index in [2.05, 4.69) is 5.32 Å². The standard InChI is InChI=1S/C16H16ClNO4/c1-8-11-3-2-4-12(17)14(11)22-13(8)15(19)18-10-6-5-9(7-10)16(20)21/h2-4,9-10H,5-7H2,1H3,(H,18,19)(H,20,21)/t9-,10+/m0/s1. The summed E-state index contributed by atoms with van der Waals surface area (Å²) in [5, 5.41) is 13.1. The van der Waals surface area contributed by atoms with Crippen LogP contribution in [-0.2, 0) is 4.79 Å². The molecule has 1 heterocycles. The van der Waals surface area contributed by atoms with Gasteiger partial charge in [0.2, 0.25) is 0 Å². The van der Waals surface area contributed by atoms with Crippen LogP contribution < -0.4 is 5.32 Å². The van der Waals surface area contributed by atoms with Gasteiger partial charge in [0.25, 0.3) is 5.91 Å². The second-order valence-corrected chi connectivity index (χ2v) is 6.10. The van der Waals surface area contributed by atoms with E-state index in [0.717, 1.165) is 10.9 Å². The third-order valence-electron chi connectivity index (χ3n) is 4.24. The van der Waals surface area contributed by atoms with Crippen LogP contribution in [-0.4, -0.2) is 23.0 Å². The minimum atomic E-state index is -0.802. The van der Waals surface area contributed by atoms with Crippen LogP contribution in [0.15, 0.2) is 22.6 Å². The second-order valence-electron chi connectivity index (χ2n) is 5.69. The van der Waals surface area contributed by atoms with Crippen LogP contribution in [0, 0.1) is 12.8 Å². The molecule has 22 heavy (non-hydrogen) atoms. The maximum Gasteiger partial charge on any atom is 0.306 e. The highest BCUT2D eigenvalue weighted by Gasteiger charge is 2.31. The van der Waals surface area contributed by atoms with Crippen LogP contribution in [0.1, 0.15) is 35.4 Å². The number of halogens is 1. The molecule has 3 rings (SSSR count). The Morgan fingerprint density at radius 2 is 2.14 bits per heavy atom. The van der Waals surface area contributed by atoms with Gasteiger partial charge in [-0.3, -0.25) is 9.59 Å². The van der Waals surface area contributed by atoms with Gasteiger partial charge in [-0.1, -0.05) is 23.7 Å². The van der Waals surface area contributed by atoms with Crippen LogP contribution in [0.5, 0.6) is 0 Å². The molecule has 2 atom stereocenters. The minimum absolute atomic E-state index is 0.128. The molecule has 2 N–H and O–H groups in total. The van der Waals surface area contributed by atoms with Crippen LogP contribution in [0.3, 0.4) is 0 Å². The number of rotatable bonds is 3. The summed E-state index contributed by atoms with van der Waals surface area (Å²) in [4.78, 5) is 23.3. The molecule has 5 nitrogen and oxygen atoms in total. The molecule has 2 aromatic rings. The van der Waals surface area contributed by atoms with E-state index in [1.54, 1.807) is 6.07 Å². The molecule has 116 valence electrons. The number of carbonyl (C=O) groups is 2. The number of aryl methyl sites for hydroxylation is 1. The quantitative estimate of drug-likeness (QED) is 0.908. The summed E-state index contributed by atoms with van der Waals surface area (Å²) in [5.74, 6) is -1.26. The summed E-state index contributed by atoms with van der Waals surface area (Å²) in [6.07, 6.45) is 1.72. The Bertz CT molecular complexity index is 752. The zero-order valence-corrected chi connectivity index (χ0v) is 12.8. The number of hydrogen-bond donors (Lipinski definition) is 2. The first-order chi connectivity index (χ1) is 10.5. The van der Waals surface area contributed by atoms with Crippen molar-refractivity contribution in [1.29, 1.82) is 0 Å². The third-order valence-corrected chi connectivity index (χ3v) is 4.54. The number of carboxylic acids is 1. The first-order valence-corrected chi connectivity index (χ1v) is 7.56. The summed E-state index contributed by atoms with van der Waals surface area (Å²) in [6.45, 7) is 1.81.